The van der Waals surface area contributed by atoms with Crippen molar-refractivity contribution >= 4 is 28.2 Å². The van der Waals surface area contributed by atoms with Crippen molar-refractivity contribution in [1.82, 2.24) is 9.97 Å². The number of hydrogen-bond acceptors (Lipinski definition) is 4. The van der Waals surface area contributed by atoms with E-state index >= 15 is 0 Å². The van der Waals surface area contributed by atoms with E-state index in [1.54, 1.807) is 30.6 Å². The van der Waals surface area contributed by atoms with E-state index in [9.17, 15) is 4.79 Å². The molecule has 5 heteroatoms. The Balaban J connectivity index is 1.78. The van der Waals surface area contributed by atoms with Crippen molar-refractivity contribution < 1.29 is 4.79 Å². The van der Waals surface area contributed by atoms with Gasteiger partial charge in [0, 0.05) is 11.6 Å². The number of para-hydroxylation sites is 1. The standard InChI is InChI=1S/C16H14N4O/c17-14-5-1-3-11-6-7-12(20-16(11)14)9-15(21)19-13-4-2-8-18-10-13/h1-8,10H,9,17H2,(H,19,21). The molecule has 5 nitrogen and oxygen atoms in total. The lowest BCUT2D eigenvalue weighted by Gasteiger charge is -2.06. The summed E-state index contributed by atoms with van der Waals surface area (Å²) in [6, 6.07) is 12.9. The van der Waals surface area contributed by atoms with E-state index in [4.69, 9.17) is 5.73 Å². The number of carbonyl (C=O) groups excluding carboxylic acids is 1. The Morgan fingerprint density at radius 1 is 1.14 bits per heavy atom. The van der Waals surface area contributed by atoms with Crippen molar-refractivity contribution in [3.8, 4) is 0 Å². The lowest BCUT2D eigenvalue weighted by Crippen LogP contribution is -2.15. The van der Waals surface area contributed by atoms with Gasteiger partial charge in [-0.2, -0.15) is 0 Å². The Kier molecular flexibility index (Phi) is 3.47. The summed E-state index contributed by atoms with van der Waals surface area (Å²) in [7, 11) is 0. The van der Waals surface area contributed by atoms with Gasteiger partial charge in [0.1, 0.15) is 0 Å². The van der Waals surface area contributed by atoms with Gasteiger partial charge in [-0.25, -0.2) is 0 Å². The van der Waals surface area contributed by atoms with Crippen molar-refractivity contribution in [2.24, 2.45) is 0 Å². The SMILES string of the molecule is Nc1cccc2ccc(CC(=O)Nc3cccnc3)nc12. The van der Waals surface area contributed by atoms with Crippen LogP contribution in [0.3, 0.4) is 0 Å². The number of aromatic nitrogens is 2. The lowest BCUT2D eigenvalue weighted by atomic mass is 10.1. The smallest absolute Gasteiger partial charge is 0.230 e. The van der Waals surface area contributed by atoms with Gasteiger partial charge in [-0.15, -0.1) is 0 Å². The average molecular weight is 278 g/mol. The third-order valence-corrected chi connectivity index (χ3v) is 3.10. The molecular weight excluding hydrogens is 264 g/mol. The van der Waals surface area contributed by atoms with Gasteiger partial charge in [-0.05, 0) is 24.3 Å². The van der Waals surface area contributed by atoms with Crippen LogP contribution in [0.5, 0.6) is 0 Å². The summed E-state index contributed by atoms with van der Waals surface area (Å²) in [6.45, 7) is 0. The molecule has 0 aliphatic heterocycles. The quantitative estimate of drug-likeness (QED) is 0.721. The zero-order valence-corrected chi connectivity index (χ0v) is 11.3. The fourth-order valence-corrected chi connectivity index (χ4v) is 2.12. The van der Waals surface area contributed by atoms with Crippen LogP contribution in [0.25, 0.3) is 10.9 Å². The van der Waals surface area contributed by atoms with Gasteiger partial charge in [0.2, 0.25) is 5.91 Å². The molecule has 0 fully saturated rings. The molecule has 3 aromatic rings. The van der Waals surface area contributed by atoms with Crippen molar-refractivity contribution in [1.29, 1.82) is 0 Å². The summed E-state index contributed by atoms with van der Waals surface area (Å²) in [5.74, 6) is -0.135. The zero-order valence-electron chi connectivity index (χ0n) is 11.3. The Labute approximate surface area is 121 Å². The normalized spacial score (nSPS) is 10.5. The van der Waals surface area contributed by atoms with Crippen LogP contribution in [-0.4, -0.2) is 15.9 Å². The van der Waals surface area contributed by atoms with Crippen LogP contribution < -0.4 is 11.1 Å². The van der Waals surface area contributed by atoms with Crippen LogP contribution in [0.4, 0.5) is 11.4 Å². The van der Waals surface area contributed by atoms with Gasteiger partial charge < -0.3 is 11.1 Å². The number of anilines is 2. The Bertz CT molecular complexity index is 787. The molecule has 3 N–H and O–H groups in total. The second-order valence-corrected chi connectivity index (χ2v) is 4.69. The minimum atomic E-state index is -0.135. The van der Waals surface area contributed by atoms with E-state index in [1.807, 2.05) is 24.3 Å². The van der Waals surface area contributed by atoms with Crippen LogP contribution >= 0.6 is 0 Å². The number of amides is 1. The number of carbonyl (C=O) groups is 1. The van der Waals surface area contributed by atoms with Gasteiger partial charge in [0.15, 0.2) is 0 Å². The maximum Gasteiger partial charge on any atom is 0.230 e. The molecule has 1 amide bonds. The van der Waals surface area contributed by atoms with Crippen molar-refractivity contribution in [3.05, 3.63) is 60.6 Å². The van der Waals surface area contributed by atoms with Crippen LogP contribution in [0, 0.1) is 0 Å². The largest absolute Gasteiger partial charge is 0.397 e. The fourth-order valence-electron chi connectivity index (χ4n) is 2.12. The van der Waals surface area contributed by atoms with Crippen LogP contribution in [0.15, 0.2) is 54.9 Å². The Morgan fingerprint density at radius 2 is 2.05 bits per heavy atom. The highest BCUT2D eigenvalue weighted by atomic mass is 16.1. The summed E-state index contributed by atoms with van der Waals surface area (Å²) in [6.07, 6.45) is 3.45. The Morgan fingerprint density at radius 3 is 2.86 bits per heavy atom. The molecule has 0 bridgehead atoms. The minimum Gasteiger partial charge on any atom is -0.397 e. The first-order valence-corrected chi connectivity index (χ1v) is 6.56. The maximum atomic E-state index is 12.0. The molecule has 0 saturated heterocycles. The summed E-state index contributed by atoms with van der Waals surface area (Å²) < 4.78 is 0. The fraction of sp³-hybridized carbons (Fsp3) is 0.0625. The molecule has 0 aliphatic carbocycles. The minimum absolute atomic E-state index is 0.135. The van der Waals surface area contributed by atoms with Crippen molar-refractivity contribution in [2.75, 3.05) is 11.1 Å². The molecular formula is C16H14N4O. The molecule has 2 aromatic heterocycles. The molecule has 0 aliphatic rings. The molecule has 0 unspecified atom stereocenters. The number of pyridine rings is 2. The highest BCUT2D eigenvalue weighted by Gasteiger charge is 2.07. The van der Waals surface area contributed by atoms with Gasteiger partial charge in [0.05, 0.1) is 35.2 Å². The summed E-state index contributed by atoms with van der Waals surface area (Å²) in [5.41, 5.74) is 8.60. The number of nitrogens with one attached hydrogen (secondary N) is 1. The van der Waals surface area contributed by atoms with E-state index < -0.39 is 0 Å². The predicted octanol–water partition coefficient (Wildman–Crippen LogP) is 2.39. The van der Waals surface area contributed by atoms with E-state index in [2.05, 4.69) is 15.3 Å². The number of hydrogen-bond donors (Lipinski definition) is 2. The van der Waals surface area contributed by atoms with E-state index in [0.29, 0.717) is 17.1 Å². The molecule has 3 rings (SSSR count). The van der Waals surface area contributed by atoms with Crippen LogP contribution in [-0.2, 0) is 11.2 Å². The Hall–Kier alpha value is -2.95. The molecule has 0 spiro atoms. The number of fused-ring (bicyclic) bond motifs is 1. The van der Waals surface area contributed by atoms with Gasteiger partial charge in [-0.1, -0.05) is 18.2 Å². The maximum absolute atomic E-state index is 12.0. The molecule has 0 saturated carbocycles. The van der Waals surface area contributed by atoms with Crippen molar-refractivity contribution in [3.63, 3.8) is 0 Å². The first-order valence-electron chi connectivity index (χ1n) is 6.56. The first kappa shape index (κ1) is 13.1. The highest BCUT2D eigenvalue weighted by molar-refractivity contribution is 5.93. The predicted molar refractivity (Wildman–Crippen MR) is 82.7 cm³/mol. The monoisotopic (exact) mass is 278 g/mol. The van der Waals surface area contributed by atoms with E-state index in [1.165, 1.54) is 0 Å². The van der Waals surface area contributed by atoms with Crippen LogP contribution in [0.1, 0.15) is 5.69 Å². The number of benzene rings is 1. The molecule has 21 heavy (non-hydrogen) atoms. The molecule has 1 aromatic carbocycles. The second kappa shape index (κ2) is 5.58. The molecule has 2 heterocycles. The first-order chi connectivity index (χ1) is 10.2. The molecule has 0 radical (unpaired) electrons. The van der Waals surface area contributed by atoms with Crippen LogP contribution in [0.2, 0.25) is 0 Å². The number of nitrogens with zero attached hydrogens (tertiary/aromatic N) is 2. The zero-order chi connectivity index (χ0) is 14.7. The van der Waals surface area contributed by atoms with E-state index in [-0.39, 0.29) is 12.3 Å². The van der Waals surface area contributed by atoms with Gasteiger partial charge >= 0.3 is 0 Å². The highest BCUT2D eigenvalue weighted by Crippen LogP contribution is 2.19. The topological polar surface area (TPSA) is 80.9 Å². The van der Waals surface area contributed by atoms with Gasteiger partial charge in [0.25, 0.3) is 0 Å². The van der Waals surface area contributed by atoms with E-state index in [0.717, 1.165) is 10.9 Å². The average Bonchev–Trinajstić information content (AvgIpc) is 2.49. The summed E-state index contributed by atoms with van der Waals surface area (Å²) >= 11 is 0. The third-order valence-electron chi connectivity index (χ3n) is 3.10. The van der Waals surface area contributed by atoms with Crippen molar-refractivity contribution in [2.45, 2.75) is 6.42 Å². The summed E-state index contributed by atoms with van der Waals surface area (Å²) in [5, 5.41) is 3.74. The summed E-state index contributed by atoms with van der Waals surface area (Å²) in [4.78, 5) is 20.4. The molecule has 0 atom stereocenters. The number of rotatable bonds is 3. The van der Waals surface area contributed by atoms with Gasteiger partial charge in [-0.3, -0.25) is 14.8 Å². The third kappa shape index (κ3) is 2.97. The number of nitrogen functional groups attached to an aromatic ring is 1. The number of nitrogens with two attached hydrogens (primary N) is 1. The second-order valence-electron chi connectivity index (χ2n) is 4.69. The molecule has 104 valence electrons. The lowest BCUT2D eigenvalue weighted by molar-refractivity contribution is -0.115.